The molecule has 1 aromatic rings. The number of ether oxygens (including phenoxy) is 3. The fourth-order valence-corrected chi connectivity index (χ4v) is 2.81. The molecule has 0 radical (unpaired) electrons. The van der Waals surface area contributed by atoms with Gasteiger partial charge in [0, 0.05) is 6.54 Å². The standard InChI is InChI=1S/C25H39N3O7/c1-24(2,3)34-20(29)16-27-21(30)19(14-10-11-15-26-22(31)35-25(4,5)6)28-23(32)33-17-18-12-8-7-9-13-18/h7-9,12-13,19H,10-11,14-17H2,1-6H3,(H,26,31)(H,27,30)(H,28,32)/t19-/m0/s1. The molecule has 1 atom stereocenters. The molecule has 0 aliphatic rings. The van der Waals surface area contributed by atoms with Crippen LogP contribution in [0, 0.1) is 0 Å². The van der Waals surface area contributed by atoms with Crippen LogP contribution in [0.2, 0.25) is 0 Å². The first-order valence-corrected chi connectivity index (χ1v) is 11.7. The van der Waals surface area contributed by atoms with Gasteiger partial charge < -0.3 is 30.2 Å². The van der Waals surface area contributed by atoms with E-state index in [1.165, 1.54) is 0 Å². The van der Waals surface area contributed by atoms with Gasteiger partial charge in [0.2, 0.25) is 5.91 Å². The zero-order valence-electron chi connectivity index (χ0n) is 21.6. The van der Waals surface area contributed by atoms with Gasteiger partial charge in [0.05, 0.1) is 0 Å². The summed E-state index contributed by atoms with van der Waals surface area (Å²) >= 11 is 0. The largest absolute Gasteiger partial charge is 0.459 e. The van der Waals surface area contributed by atoms with E-state index < -0.39 is 41.3 Å². The van der Waals surface area contributed by atoms with Crippen molar-refractivity contribution < 1.29 is 33.4 Å². The summed E-state index contributed by atoms with van der Waals surface area (Å²) in [5, 5.41) is 7.70. The van der Waals surface area contributed by atoms with E-state index in [4.69, 9.17) is 14.2 Å². The van der Waals surface area contributed by atoms with Gasteiger partial charge in [0.1, 0.15) is 30.4 Å². The third-order valence-electron chi connectivity index (χ3n) is 4.24. The van der Waals surface area contributed by atoms with Gasteiger partial charge in [-0.25, -0.2) is 9.59 Å². The van der Waals surface area contributed by atoms with Crippen molar-refractivity contribution >= 4 is 24.1 Å². The van der Waals surface area contributed by atoms with Crippen molar-refractivity contribution in [3.8, 4) is 0 Å². The van der Waals surface area contributed by atoms with E-state index >= 15 is 0 Å². The number of unbranched alkanes of at least 4 members (excludes halogenated alkanes) is 1. The van der Waals surface area contributed by atoms with Crippen molar-refractivity contribution in [2.75, 3.05) is 13.1 Å². The third kappa shape index (κ3) is 15.3. The Balaban J connectivity index is 2.58. The van der Waals surface area contributed by atoms with Crippen LogP contribution in [-0.2, 0) is 30.4 Å². The van der Waals surface area contributed by atoms with E-state index in [2.05, 4.69) is 16.0 Å². The van der Waals surface area contributed by atoms with Gasteiger partial charge in [-0.2, -0.15) is 0 Å². The van der Waals surface area contributed by atoms with Gasteiger partial charge in [-0.1, -0.05) is 30.3 Å². The Labute approximate surface area is 207 Å². The smallest absolute Gasteiger partial charge is 0.408 e. The number of esters is 1. The van der Waals surface area contributed by atoms with Crippen LogP contribution < -0.4 is 16.0 Å². The van der Waals surface area contributed by atoms with Crippen LogP contribution in [0.1, 0.15) is 66.4 Å². The summed E-state index contributed by atoms with van der Waals surface area (Å²) in [6.07, 6.45) is 0.0658. The molecule has 0 saturated heterocycles. The maximum Gasteiger partial charge on any atom is 0.408 e. The van der Waals surface area contributed by atoms with Gasteiger partial charge in [0.15, 0.2) is 0 Å². The quantitative estimate of drug-likeness (QED) is 0.244. The van der Waals surface area contributed by atoms with Crippen LogP contribution >= 0.6 is 0 Å². The predicted molar refractivity (Wildman–Crippen MR) is 130 cm³/mol. The Bertz CT molecular complexity index is 830. The van der Waals surface area contributed by atoms with Crippen LogP contribution in [0.15, 0.2) is 30.3 Å². The molecule has 1 rings (SSSR count). The molecule has 0 aliphatic carbocycles. The Morgan fingerprint density at radius 2 is 1.46 bits per heavy atom. The molecule has 10 nitrogen and oxygen atoms in total. The number of hydrogen-bond acceptors (Lipinski definition) is 7. The first-order valence-electron chi connectivity index (χ1n) is 11.7. The molecule has 3 N–H and O–H groups in total. The monoisotopic (exact) mass is 493 g/mol. The summed E-state index contributed by atoms with van der Waals surface area (Å²) in [6, 6.07) is 8.21. The third-order valence-corrected chi connectivity index (χ3v) is 4.24. The topological polar surface area (TPSA) is 132 Å². The highest BCUT2D eigenvalue weighted by Crippen LogP contribution is 2.08. The lowest BCUT2D eigenvalue weighted by atomic mass is 10.1. The molecule has 0 fully saturated rings. The molecule has 1 aromatic carbocycles. The fourth-order valence-electron chi connectivity index (χ4n) is 2.81. The van der Waals surface area contributed by atoms with Crippen molar-refractivity contribution in [2.45, 2.75) is 84.7 Å². The minimum atomic E-state index is -0.928. The summed E-state index contributed by atoms with van der Waals surface area (Å²) in [4.78, 5) is 48.6. The molecule has 0 aromatic heterocycles. The van der Waals surface area contributed by atoms with E-state index in [0.717, 1.165) is 5.56 Å². The molecule has 0 aliphatic heterocycles. The number of nitrogens with one attached hydrogen (secondary N) is 3. The minimum absolute atomic E-state index is 0.0543. The van der Waals surface area contributed by atoms with Gasteiger partial charge in [0.25, 0.3) is 0 Å². The molecule has 0 bridgehead atoms. The van der Waals surface area contributed by atoms with Crippen molar-refractivity contribution in [2.24, 2.45) is 0 Å². The zero-order chi connectivity index (χ0) is 26.5. The number of amides is 3. The first kappa shape index (κ1) is 29.7. The van der Waals surface area contributed by atoms with Gasteiger partial charge in [-0.15, -0.1) is 0 Å². The second-order valence-corrected chi connectivity index (χ2v) is 9.99. The van der Waals surface area contributed by atoms with Crippen LogP contribution in [0.4, 0.5) is 9.59 Å². The van der Waals surface area contributed by atoms with Crippen LogP contribution in [0.25, 0.3) is 0 Å². The van der Waals surface area contributed by atoms with Gasteiger partial charge in [-0.3, -0.25) is 9.59 Å². The second-order valence-electron chi connectivity index (χ2n) is 9.99. The number of rotatable bonds is 11. The average molecular weight is 494 g/mol. The van der Waals surface area contributed by atoms with Crippen molar-refractivity contribution in [3.63, 3.8) is 0 Å². The van der Waals surface area contributed by atoms with Gasteiger partial charge in [-0.05, 0) is 66.4 Å². The van der Waals surface area contributed by atoms with Crippen LogP contribution in [0.3, 0.4) is 0 Å². The molecule has 10 heteroatoms. The summed E-state index contributed by atoms with van der Waals surface area (Å²) in [6.45, 7) is 10.6. The molecule has 35 heavy (non-hydrogen) atoms. The lowest BCUT2D eigenvalue weighted by Crippen LogP contribution is -2.48. The molecule has 0 saturated carbocycles. The lowest BCUT2D eigenvalue weighted by molar-refractivity contribution is -0.154. The predicted octanol–water partition coefficient (Wildman–Crippen LogP) is 3.43. The maximum atomic E-state index is 12.7. The summed E-state index contributed by atoms with van der Waals surface area (Å²) in [5.41, 5.74) is -0.463. The summed E-state index contributed by atoms with van der Waals surface area (Å²) < 4.78 is 15.6. The number of alkyl carbamates (subject to hydrolysis) is 2. The van der Waals surface area contributed by atoms with E-state index in [9.17, 15) is 19.2 Å². The van der Waals surface area contributed by atoms with Gasteiger partial charge >= 0.3 is 18.2 Å². The van der Waals surface area contributed by atoms with Crippen LogP contribution in [0.5, 0.6) is 0 Å². The van der Waals surface area contributed by atoms with Crippen molar-refractivity contribution in [1.29, 1.82) is 0 Å². The lowest BCUT2D eigenvalue weighted by Gasteiger charge is -2.21. The normalized spacial score (nSPS) is 12.2. The molecule has 196 valence electrons. The second kappa shape index (κ2) is 14.2. The SMILES string of the molecule is CC(C)(C)OC(=O)CNC(=O)[C@H](CCCCNC(=O)OC(C)(C)C)NC(=O)OCc1ccccc1. The highest BCUT2D eigenvalue weighted by molar-refractivity contribution is 5.88. The minimum Gasteiger partial charge on any atom is -0.459 e. The highest BCUT2D eigenvalue weighted by atomic mass is 16.6. The van der Waals surface area contributed by atoms with Crippen molar-refractivity contribution in [3.05, 3.63) is 35.9 Å². The average Bonchev–Trinajstić information content (AvgIpc) is 2.73. The Morgan fingerprint density at radius 1 is 0.829 bits per heavy atom. The van der Waals surface area contributed by atoms with Crippen molar-refractivity contribution in [1.82, 2.24) is 16.0 Å². The van der Waals surface area contributed by atoms with E-state index in [0.29, 0.717) is 19.4 Å². The number of benzene rings is 1. The Kier molecular flexibility index (Phi) is 12.0. The summed E-state index contributed by atoms with van der Waals surface area (Å²) in [5.74, 6) is -1.12. The van der Waals surface area contributed by atoms with E-state index in [1.54, 1.807) is 41.5 Å². The molecule has 3 amide bonds. The Hall–Kier alpha value is -3.30. The molecular formula is C25H39N3O7. The number of carbonyl (C=O) groups excluding carboxylic acids is 4. The molecule has 0 spiro atoms. The maximum absolute atomic E-state index is 12.7. The molecule has 0 heterocycles. The molecular weight excluding hydrogens is 454 g/mol. The van der Waals surface area contributed by atoms with Crippen LogP contribution in [-0.4, -0.2) is 54.4 Å². The fraction of sp³-hybridized carbons (Fsp3) is 0.600. The zero-order valence-corrected chi connectivity index (χ0v) is 21.6. The highest BCUT2D eigenvalue weighted by Gasteiger charge is 2.23. The Morgan fingerprint density at radius 3 is 2.06 bits per heavy atom. The van der Waals surface area contributed by atoms with E-state index in [1.807, 2.05) is 30.3 Å². The number of hydrogen-bond donors (Lipinski definition) is 3. The summed E-state index contributed by atoms with van der Waals surface area (Å²) in [7, 11) is 0. The van der Waals surface area contributed by atoms with E-state index in [-0.39, 0.29) is 19.6 Å². The first-order chi connectivity index (χ1) is 16.2. The number of carbonyl (C=O) groups is 4. The molecule has 0 unspecified atom stereocenters.